The first-order valence-corrected chi connectivity index (χ1v) is 4.73. The number of ether oxygens (including phenoxy) is 1. The maximum atomic E-state index is 11.4. The van der Waals surface area contributed by atoms with Gasteiger partial charge in [-0.15, -0.1) is 0 Å². The number of carbonyl (C=O) groups is 1. The van der Waals surface area contributed by atoms with Crippen molar-refractivity contribution in [1.82, 2.24) is 15.6 Å². The highest BCUT2D eigenvalue weighted by Gasteiger charge is 2.28. The molecule has 1 atom stereocenters. The van der Waals surface area contributed by atoms with Crippen LogP contribution in [0.1, 0.15) is 11.6 Å². The Hall–Kier alpha value is -1.69. The lowest BCUT2D eigenvalue weighted by molar-refractivity contribution is -0.120. The minimum absolute atomic E-state index is 0.160. The van der Waals surface area contributed by atoms with Crippen molar-refractivity contribution in [2.45, 2.75) is 6.04 Å². The molecule has 0 saturated carbocycles. The molecule has 5 nitrogen and oxygen atoms in total. The molecule has 1 unspecified atom stereocenters. The van der Waals surface area contributed by atoms with Gasteiger partial charge in [-0.25, -0.2) is 4.98 Å². The van der Waals surface area contributed by atoms with E-state index in [4.69, 9.17) is 17.0 Å². The van der Waals surface area contributed by atoms with E-state index in [0.717, 1.165) is 5.56 Å². The predicted octanol–water partition coefficient (Wildman–Crippen LogP) is 0.136. The molecular weight excluding hydrogens is 214 g/mol. The Kier molecular flexibility index (Phi) is 2.51. The molecule has 1 aromatic heterocycles. The minimum atomic E-state index is -0.448. The van der Waals surface area contributed by atoms with Crippen LogP contribution in [0.25, 0.3) is 0 Å². The van der Waals surface area contributed by atoms with Gasteiger partial charge >= 0.3 is 0 Å². The van der Waals surface area contributed by atoms with Crippen molar-refractivity contribution in [2.24, 2.45) is 0 Å². The molecule has 0 spiro atoms. The highest BCUT2D eigenvalue weighted by atomic mass is 32.1. The average Bonchev–Trinajstić information content (AvgIpc) is 2.58. The molecular formula is C9H9N3O2S. The largest absolute Gasteiger partial charge is 0.481 e. The first-order valence-electron chi connectivity index (χ1n) is 4.32. The zero-order valence-corrected chi connectivity index (χ0v) is 8.80. The number of nitrogens with one attached hydrogen (secondary N) is 2. The molecule has 0 radical (unpaired) electrons. The molecule has 1 saturated heterocycles. The van der Waals surface area contributed by atoms with E-state index >= 15 is 0 Å². The van der Waals surface area contributed by atoms with Crippen LogP contribution in [-0.4, -0.2) is 23.1 Å². The van der Waals surface area contributed by atoms with Gasteiger partial charge in [-0.3, -0.25) is 4.79 Å². The summed E-state index contributed by atoms with van der Waals surface area (Å²) in [5.74, 6) is 0.353. The molecule has 0 bridgehead atoms. The highest BCUT2D eigenvalue weighted by molar-refractivity contribution is 7.80. The SMILES string of the molecule is COc1ccc(C2NC(=S)NC2=O)cn1. The van der Waals surface area contributed by atoms with Crippen molar-refractivity contribution in [3.05, 3.63) is 23.9 Å². The first-order chi connectivity index (χ1) is 7.20. The van der Waals surface area contributed by atoms with Gasteiger partial charge in [-0.1, -0.05) is 0 Å². The summed E-state index contributed by atoms with van der Waals surface area (Å²) >= 11 is 4.83. The molecule has 6 heteroatoms. The van der Waals surface area contributed by atoms with Gasteiger partial charge < -0.3 is 15.4 Å². The fraction of sp³-hybridized carbons (Fsp3) is 0.222. The van der Waals surface area contributed by atoms with Crippen LogP contribution in [-0.2, 0) is 4.79 Å². The molecule has 0 aromatic carbocycles. The molecule has 1 fully saturated rings. The maximum absolute atomic E-state index is 11.4. The van der Waals surface area contributed by atoms with Crippen LogP contribution >= 0.6 is 12.2 Å². The van der Waals surface area contributed by atoms with Crippen LogP contribution in [0.3, 0.4) is 0 Å². The van der Waals surface area contributed by atoms with Crippen LogP contribution in [0.4, 0.5) is 0 Å². The lowest BCUT2D eigenvalue weighted by Crippen LogP contribution is -2.21. The third kappa shape index (κ3) is 1.89. The molecule has 0 aliphatic carbocycles. The Labute approximate surface area is 91.8 Å². The molecule has 15 heavy (non-hydrogen) atoms. The molecule has 2 heterocycles. The third-order valence-corrected chi connectivity index (χ3v) is 2.30. The van der Waals surface area contributed by atoms with E-state index in [2.05, 4.69) is 15.6 Å². The van der Waals surface area contributed by atoms with Crippen LogP contribution in [0.5, 0.6) is 5.88 Å². The number of rotatable bonds is 2. The zero-order valence-electron chi connectivity index (χ0n) is 7.98. The topological polar surface area (TPSA) is 63.2 Å². The third-order valence-electron chi connectivity index (χ3n) is 2.08. The summed E-state index contributed by atoms with van der Waals surface area (Å²) in [5, 5.41) is 5.71. The number of hydrogen-bond donors (Lipinski definition) is 2. The lowest BCUT2D eigenvalue weighted by atomic mass is 10.1. The number of hydrogen-bond acceptors (Lipinski definition) is 4. The fourth-order valence-corrected chi connectivity index (χ4v) is 1.55. The number of aromatic nitrogens is 1. The van der Waals surface area contributed by atoms with Crippen molar-refractivity contribution in [3.63, 3.8) is 0 Å². The summed E-state index contributed by atoms with van der Waals surface area (Å²) in [7, 11) is 1.54. The summed E-state index contributed by atoms with van der Waals surface area (Å²) < 4.78 is 4.92. The van der Waals surface area contributed by atoms with E-state index in [-0.39, 0.29) is 5.91 Å². The van der Waals surface area contributed by atoms with Crippen LogP contribution in [0.2, 0.25) is 0 Å². The number of methoxy groups -OCH3 is 1. The molecule has 1 aliphatic rings. The standard InChI is InChI=1S/C9H9N3O2S/c1-14-6-3-2-5(4-10-6)7-8(13)12-9(15)11-7/h2-4,7H,1H3,(H2,11,12,13,15). The van der Waals surface area contributed by atoms with Gasteiger partial charge in [0.1, 0.15) is 6.04 Å². The second kappa shape index (κ2) is 3.82. The van der Waals surface area contributed by atoms with Crippen LogP contribution < -0.4 is 15.4 Å². The monoisotopic (exact) mass is 223 g/mol. The number of nitrogens with zero attached hydrogens (tertiary/aromatic N) is 1. The molecule has 2 N–H and O–H groups in total. The second-order valence-corrected chi connectivity index (χ2v) is 3.44. The summed E-state index contributed by atoms with van der Waals surface area (Å²) in [5.41, 5.74) is 0.758. The van der Waals surface area contributed by atoms with Gasteiger partial charge in [-0.2, -0.15) is 0 Å². The van der Waals surface area contributed by atoms with E-state index in [9.17, 15) is 4.79 Å². The quantitative estimate of drug-likeness (QED) is 0.698. The number of amides is 1. The van der Waals surface area contributed by atoms with Crippen molar-refractivity contribution >= 4 is 23.2 Å². The van der Waals surface area contributed by atoms with Gasteiger partial charge in [0.25, 0.3) is 5.91 Å². The smallest absolute Gasteiger partial charge is 0.253 e. The van der Waals surface area contributed by atoms with Gasteiger partial charge in [-0.05, 0) is 18.3 Å². The Morgan fingerprint density at radius 3 is 2.80 bits per heavy atom. The van der Waals surface area contributed by atoms with E-state index in [1.165, 1.54) is 7.11 Å². The van der Waals surface area contributed by atoms with Crippen molar-refractivity contribution in [2.75, 3.05) is 7.11 Å². The number of thiocarbonyl (C=S) groups is 1. The van der Waals surface area contributed by atoms with E-state index in [1.807, 2.05) is 0 Å². The summed E-state index contributed by atoms with van der Waals surface area (Å²) in [4.78, 5) is 15.4. The Balaban J connectivity index is 2.22. The van der Waals surface area contributed by atoms with Gasteiger partial charge in [0.15, 0.2) is 5.11 Å². The zero-order chi connectivity index (χ0) is 10.8. The fourth-order valence-electron chi connectivity index (χ4n) is 1.33. The molecule has 1 aliphatic heterocycles. The lowest BCUT2D eigenvalue weighted by Gasteiger charge is -2.07. The van der Waals surface area contributed by atoms with Gasteiger partial charge in [0.2, 0.25) is 5.88 Å². The second-order valence-electron chi connectivity index (χ2n) is 3.03. The van der Waals surface area contributed by atoms with Crippen molar-refractivity contribution in [3.8, 4) is 5.88 Å². The van der Waals surface area contributed by atoms with Crippen LogP contribution in [0.15, 0.2) is 18.3 Å². The Morgan fingerprint density at radius 2 is 2.33 bits per heavy atom. The van der Waals surface area contributed by atoms with E-state index in [1.54, 1.807) is 18.3 Å². The maximum Gasteiger partial charge on any atom is 0.253 e. The molecule has 1 aromatic rings. The van der Waals surface area contributed by atoms with Crippen molar-refractivity contribution < 1.29 is 9.53 Å². The molecule has 2 rings (SSSR count). The van der Waals surface area contributed by atoms with Gasteiger partial charge in [0, 0.05) is 17.8 Å². The first kappa shape index (κ1) is 9.85. The van der Waals surface area contributed by atoms with Crippen molar-refractivity contribution in [1.29, 1.82) is 0 Å². The summed E-state index contributed by atoms with van der Waals surface area (Å²) in [6, 6.07) is 3.03. The number of pyridine rings is 1. The molecule has 78 valence electrons. The normalized spacial score (nSPS) is 19.7. The Morgan fingerprint density at radius 1 is 1.53 bits per heavy atom. The predicted molar refractivity (Wildman–Crippen MR) is 57.4 cm³/mol. The minimum Gasteiger partial charge on any atom is -0.481 e. The Bertz CT molecular complexity index is 404. The van der Waals surface area contributed by atoms with Crippen LogP contribution in [0, 0.1) is 0 Å². The summed E-state index contributed by atoms with van der Waals surface area (Å²) in [6.45, 7) is 0. The highest BCUT2D eigenvalue weighted by Crippen LogP contribution is 2.17. The number of carbonyl (C=O) groups excluding carboxylic acids is 1. The van der Waals surface area contributed by atoms with E-state index < -0.39 is 6.04 Å². The van der Waals surface area contributed by atoms with E-state index in [0.29, 0.717) is 11.0 Å². The molecule has 1 amide bonds. The van der Waals surface area contributed by atoms with Gasteiger partial charge in [0.05, 0.1) is 7.11 Å². The summed E-state index contributed by atoms with van der Waals surface area (Å²) in [6.07, 6.45) is 1.59. The average molecular weight is 223 g/mol.